The minimum absolute atomic E-state index is 0.0220. The van der Waals surface area contributed by atoms with E-state index < -0.39 is 0 Å². The lowest BCUT2D eigenvalue weighted by Gasteiger charge is -2.36. The number of hydrogen-bond acceptors (Lipinski definition) is 0. The summed E-state index contributed by atoms with van der Waals surface area (Å²) in [5.41, 5.74) is 27.8. The average Bonchev–Trinajstić information content (AvgIpc) is 3.78. The molecule has 336 valence electrons. The van der Waals surface area contributed by atoms with Gasteiger partial charge < -0.3 is 9.13 Å². The number of rotatable bonds is 7. The van der Waals surface area contributed by atoms with Gasteiger partial charge in [0.05, 0.1) is 11.0 Å². The van der Waals surface area contributed by atoms with E-state index in [1.165, 1.54) is 132 Å². The van der Waals surface area contributed by atoms with E-state index in [1.807, 2.05) is 0 Å². The molecule has 0 fully saturated rings. The third-order valence-corrected chi connectivity index (χ3v) is 16.0. The van der Waals surface area contributed by atoms with Crippen molar-refractivity contribution in [3.05, 3.63) is 154 Å². The molecular formula is C63H68B2N2. The Bertz CT molecular complexity index is 3470. The van der Waals surface area contributed by atoms with Gasteiger partial charge in [-0.3, -0.25) is 0 Å². The summed E-state index contributed by atoms with van der Waals surface area (Å²) in [6.45, 7) is 35.6. The lowest BCUT2D eigenvalue weighted by molar-refractivity contribution is 0.591. The molecule has 2 nitrogen and oxygen atoms in total. The first-order chi connectivity index (χ1) is 31.8. The average molecular weight is 875 g/mol. The molecule has 0 saturated carbocycles. The van der Waals surface area contributed by atoms with Crippen molar-refractivity contribution in [2.24, 2.45) is 0 Å². The Morgan fingerprint density at radius 2 is 0.836 bits per heavy atom. The van der Waals surface area contributed by atoms with E-state index in [9.17, 15) is 0 Å². The standard InChI is InChI=1S/C63H68B2N2/c1-34(2)41-29-50-47-26-39(11)22-24-55(47)66-58-32-51-57(33-52(58)65(54(30-41)62(50)66)60-45(37(7)8)20-17-21-46(60)38(9)10)67-56-25-23-42(63(13,14)15)31-48(56)49-27-40(12)28-53(61(49)67)64(51)59-43(35(3)4)18-16-19-44(59)36(5)6/h16-38H,1-15H3. The third kappa shape index (κ3) is 6.44. The first-order valence-corrected chi connectivity index (χ1v) is 25.5. The van der Waals surface area contributed by atoms with Crippen LogP contribution in [0.25, 0.3) is 55.0 Å². The van der Waals surface area contributed by atoms with Gasteiger partial charge in [-0.1, -0.05) is 173 Å². The SMILES string of the molecule is Cc1ccc2c(c1)c1cc(C(C)C)cc3c1n2-c1cc2c(cc1B3c1c(C(C)C)cccc1C(C)C)-n1c3ccc(C(C)(C)C)cc3c3cc(C)cc(c31)B2c1c(C(C)C)cccc1C(C)C. The molecule has 0 bridgehead atoms. The molecule has 0 aliphatic carbocycles. The summed E-state index contributed by atoms with van der Waals surface area (Å²) in [5.74, 6) is 1.83. The predicted octanol–water partition coefficient (Wildman–Crippen LogP) is 13.1. The van der Waals surface area contributed by atoms with Crippen LogP contribution in [0.3, 0.4) is 0 Å². The maximum Gasteiger partial charge on any atom is 0.247 e. The van der Waals surface area contributed by atoms with E-state index in [0.717, 1.165) is 0 Å². The molecule has 0 spiro atoms. The summed E-state index contributed by atoms with van der Waals surface area (Å²) in [7, 11) is 0. The summed E-state index contributed by atoms with van der Waals surface area (Å²) < 4.78 is 5.40. The topological polar surface area (TPSA) is 9.86 Å². The van der Waals surface area contributed by atoms with Gasteiger partial charge in [0.15, 0.2) is 0 Å². The van der Waals surface area contributed by atoms with Crippen molar-refractivity contribution in [2.75, 3.05) is 0 Å². The molecule has 2 aliphatic heterocycles. The van der Waals surface area contributed by atoms with Crippen molar-refractivity contribution in [3.8, 4) is 11.4 Å². The second-order valence-electron chi connectivity index (χ2n) is 23.2. The maximum atomic E-state index is 2.70. The Kier molecular flexibility index (Phi) is 10.1. The Morgan fingerprint density at radius 3 is 1.30 bits per heavy atom. The van der Waals surface area contributed by atoms with Gasteiger partial charge in [-0.25, -0.2) is 0 Å². The highest BCUT2D eigenvalue weighted by Crippen LogP contribution is 2.40. The molecule has 4 heteroatoms. The van der Waals surface area contributed by atoms with Crippen LogP contribution < -0.4 is 32.8 Å². The highest BCUT2D eigenvalue weighted by molar-refractivity contribution is 7.00. The number of fused-ring (bicyclic) bond motifs is 10. The molecule has 0 N–H and O–H groups in total. The van der Waals surface area contributed by atoms with Crippen LogP contribution in [-0.2, 0) is 5.41 Å². The minimum Gasteiger partial charge on any atom is -0.310 e. The lowest BCUT2D eigenvalue weighted by atomic mass is 9.31. The predicted molar refractivity (Wildman–Crippen MR) is 296 cm³/mol. The lowest BCUT2D eigenvalue weighted by Crippen LogP contribution is -2.61. The van der Waals surface area contributed by atoms with Gasteiger partial charge in [-0.15, -0.1) is 0 Å². The van der Waals surface area contributed by atoms with E-state index >= 15 is 0 Å². The van der Waals surface area contributed by atoms with Crippen LogP contribution in [0.2, 0.25) is 0 Å². The van der Waals surface area contributed by atoms with E-state index in [4.69, 9.17) is 0 Å². The summed E-state index contributed by atoms with van der Waals surface area (Å²) in [6.07, 6.45) is 0. The number of nitrogens with zero attached hydrogens (tertiary/aromatic N) is 2. The zero-order chi connectivity index (χ0) is 47.3. The van der Waals surface area contributed by atoms with E-state index in [0.29, 0.717) is 29.6 Å². The van der Waals surface area contributed by atoms with Gasteiger partial charge >= 0.3 is 0 Å². The van der Waals surface area contributed by atoms with Gasteiger partial charge in [0.25, 0.3) is 0 Å². The molecule has 4 heterocycles. The highest BCUT2D eigenvalue weighted by Gasteiger charge is 2.43. The molecule has 0 saturated heterocycles. The van der Waals surface area contributed by atoms with E-state index in [-0.39, 0.29) is 18.8 Å². The Hall–Kier alpha value is -5.73. The number of hydrogen-bond donors (Lipinski definition) is 0. The molecule has 0 atom stereocenters. The second-order valence-corrected chi connectivity index (χ2v) is 23.2. The molecular weight excluding hydrogens is 806 g/mol. The van der Waals surface area contributed by atoms with Gasteiger partial charge in [0.1, 0.15) is 0 Å². The first-order valence-electron chi connectivity index (χ1n) is 25.5. The molecule has 0 radical (unpaired) electrons. The van der Waals surface area contributed by atoms with Crippen molar-refractivity contribution in [1.29, 1.82) is 0 Å². The zero-order valence-corrected chi connectivity index (χ0v) is 42.8. The van der Waals surface area contributed by atoms with Gasteiger partial charge in [-0.2, -0.15) is 0 Å². The van der Waals surface area contributed by atoms with Gasteiger partial charge in [0.2, 0.25) is 13.4 Å². The highest BCUT2D eigenvalue weighted by atomic mass is 15.0. The monoisotopic (exact) mass is 875 g/mol. The van der Waals surface area contributed by atoms with Crippen LogP contribution in [-0.4, -0.2) is 22.6 Å². The quantitative estimate of drug-likeness (QED) is 0.141. The molecule has 0 amide bonds. The summed E-state index contributed by atoms with van der Waals surface area (Å²) in [5, 5.41) is 5.43. The Balaban J connectivity index is 1.39. The van der Waals surface area contributed by atoms with Crippen molar-refractivity contribution in [2.45, 2.75) is 139 Å². The molecule has 2 aliphatic rings. The van der Waals surface area contributed by atoms with Crippen LogP contribution in [0.4, 0.5) is 0 Å². The fourth-order valence-corrected chi connectivity index (χ4v) is 12.7. The van der Waals surface area contributed by atoms with Crippen molar-refractivity contribution in [3.63, 3.8) is 0 Å². The molecule has 7 aromatic carbocycles. The largest absolute Gasteiger partial charge is 0.310 e. The van der Waals surface area contributed by atoms with Crippen LogP contribution in [0, 0.1) is 13.8 Å². The van der Waals surface area contributed by atoms with Gasteiger partial charge in [0, 0.05) is 44.0 Å². The third-order valence-electron chi connectivity index (χ3n) is 16.0. The zero-order valence-electron chi connectivity index (χ0n) is 42.8. The fourth-order valence-electron chi connectivity index (χ4n) is 12.7. The minimum atomic E-state index is 0.0220. The first kappa shape index (κ1) is 43.8. The van der Waals surface area contributed by atoms with Crippen LogP contribution in [0.5, 0.6) is 0 Å². The van der Waals surface area contributed by atoms with Crippen molar-refractivity contribution in [1.82, 2.24) is 9.13 Å². The fraction of sp³-hybridized carbons (Fsp3) is 0.333. The number of aromatic nitrogens is 2. The van der Waals surface area contributed by atoms with Crippen LogP contribution >= 0.6 is 0 Å². The maximum absolute atomic E-state index is 2.70. The second kappa shape index (κ2) is 15.4. The van der Waals surface area contributed by atoms with E-state index in [1.54, 1.807) is 0 Å². The molecule has 0 unspecified atom stereocenters. The Morgan fingerprint density at radius 1 is 0.403 bits per heavy atom. The molecule has 11 rings (SSSR count). The number of benzene rings is 7. The van der Waals surface area contributed by atoms with Gasteiger partial charge in [-0.05, 0) is 153 Å². The normalized spacial score (nSPS) is 13.6. The molecule has 67 heavy (non-hydrogen) atoms. The van der Waals surface area contributed by atoms with Crippen LogP contribution in [0.1, 0.15) is 164 Å². The van der Waals surface area contributed by atoms with E-state index in [2.05, 4.69) is 222 Å². The molecule has 9 aromatic rings. The Labute approximate surface area is 401 Å². The molecule has 2 aromatic heterocycles. The summed E-state index contributed by atoms with van der Waals surface area (Å²) in [4.78, 5) is 0. The van der Waals surface area contributed by atoms with Crippen molar-refractivity contribution >= 4 is 89.8 Å². The van der Waals surface area contributed by atoms with Crippen LogP contribution in [0.15, 0.2) is 109 Å². The summed E-state index contributed by atoms with van der Waals surface area (Å²) in [6, 6.07) is 44.5. The number of aryl methyl sites for hydroxylation is 2. The smallest absolute Gasteiger partial charge is 0.247 e. The summed E-state index contributed by atoms with van der Waals surface area (Å²) >= 11 is 0. The van der Waals surface area contributed by atoms with Crippen molar-refractivity contribution < 1.29 is 0 Å².